The highest BCUT2D eigenvalue weighted by atomic mass is 16.5. The highest BCUT2D eigenvalue weighted by Crippen LogP contribution is 2.24. The fraction of sp³-hybridized carbons (Fsp3) is 0.357. The first-order valence-corrected chi connectivity index (χ1v) is 6.17. The predicted octanol–water partition coefficient (Wildman–Crippen LogP) is 1.83. The van der Waals surface area contributed by atoms with Gasteiger partial charge in [-0.05, 0) is 24.3 Å². The number of morpholine rings is 1. The van der Waals surface area contributed by atoms with Crippen LogP contribution in [0.4, 0.5) is 5.69 Å². The molecule has 1 aromatic carbocycles. The van der Waals surface area contributed by atoms with Crippen molar-refractivity contribution in [2.75, 3.05) is 31.2 Å². The summed E-state index contributed by atoms with van der Waals surface area (Å²) < 4.78 is 7.28. The van der Waals surface area contributed by atoms with Crippen molar-refractivity contribution >= 4 is 22.9 Å². The summed E-state index contributed by atoms with van der Waals surface area (Å²) in [6.07, 6.45) is 0.897. The van der Waals surface area contributed by atoms with Crippen molar-refractivity contribution in [1.29, 1.82) is 0 Å². The molecule has 0 radical (unpaired) electrons. The zero-order valence-corrected chi connectivity index (χ0v) is 10.4. The second kappa shape index (κ2) is 4.46. The number of aldehydes is 1. The SMILES string of the molecule is Cn1c(C=O)cc2cc(N3CCOCC3)ccc21. The molecule has 0 aliphatic carbocycles. The van der Waals surface area contributed by atoms with Gasteiger partial charge < -0.3 is 14.2 Å². The maximum atomic E-state index is 10.9. The molecule has 1 saturated heterocycles. The molecule has 2 heterocycles. The number of hydrogen-bond acceptors (Lipinski definition) is 3. The third-order valence-corrected chi connectivity index (χ3v) is 3.56. The van der Waals surface area contributed by atoms with E-state index in [1.807, 2.05) is 17.7 Å². The fourth-order valence-electron chi connectivity index (χ4n) is 2.49. The molecular formula is C14H16N2O2. The van der Waals surface area contributed by atoms with E-state index >= 15 is 0 Å². The maximum Gasteiger partial charge on any atom is 0.166 e. The first-order chi connectivity index (χ1) is 8.79. The van der Waals surface area contributed by atoms with Gasteiger partial charge in [-0.25, -0.2) is 0 Å². The van der Waals surface area contributed by atoms with Crippen LogP contribution in [0, 0.1) is 0 Å². The van der Waals surface area contributed by atoms with Gasteiger partial charge in [-0.3, -0.25) is 4.79 Å². The molecule has 0 N–H and O–H groups in total. The van der Waals surface area contributed by atoms with Gasteiger partial charge in [0.15, 0.2) is 6.29 Å². The van der Waals surface area contributed by atoms with Crippen LogP contribution in [0.3, 0.4) is 0 Å². The Kier molecular flexibility index (Phi) is 2.80. The molecule has 0 amide bonds. The highest BCUT2D eigenvalue weighted by Gasteiger charge is 2.12. The Morgan fingerprint density at radius 2 is 2.00 bits per heavy atom. The van der Waals surface area contributed by atoms with E-state index in [9.17, 15) is 4.79 Å². The van der Waals surface area contributed by atoms with Crippen molar-refractivity contribution in [1.82, 2.24) is 4.57 Å². The number of nitrogens with zero attached hydrogens (tertiary/aromatic N) is 2. The summed E-state index contributed by atoms with van der Waals surface area (Å²) in [5, 5.41) is 1.11. The topological polar surface area (TPSA) is 34.5 Å². The molecule has 1 aliphatic rings. The van der Waals surface area contributed by atoms with Crippen LogP contribution in [0.15, 0.2) is 24.3 Å². The van der Waals surface area contributed by atoms with E-state index in [-0.39, 0.29) is 0 Å². The number of fused-ring (bicyclic) bond motifs is 1. The van der Waals surface area contributed by atoms with E-state index in [1.54, 1.807) is 0 Å². The van der Waals surface area contributed by atoms with E-state index in [0.29, 0.717) is 5.69 Å². The van der Waals surface area contributed by atoms with E-state index in [2.05, 4.69) is 23.1 Å². The molecule has 0 spiro atoms. The van der Waals surface area contributed by atoms with Crippen LogP contribution in [0.5, 0.6) is 0 Å². The molecule has 1 aromatic heterocycles. The highest BCUT2D eigenvalue weighted by molar-refractivity contribution is 5.90. The number of carbonyl (C=O) groups excluding carboxylic acids is 1. The van der Waals surface area contributed by atoms with Gasteiger partial charge in [0, 0.05) is 36.7 Å². The van der Waals surface area contributed by atoms with Crippen LogP contribution in [-0.4, -0.2) is 37.2 Å². The van der Waals surface area contributed by atoms with Gasteiger partial charge >= 0.3 is 0 Å². The van der Waals surface area contributed by atoms with Gasteiger partial charge in [0.2, 0.25) is 0 Å². The summed E-state index contributed by atoms with van der Waals surface area (Å²) in [6, 6.07) is 8.27. The molecule has 1 fully saturated rings. The Labute approximate surface area is 106 Å². The minimum absolute atomic E-state index is 0.712. The zero-order valence-electron chi connectivity index (χ0n) is 10.4. The average molecular weight is 244 g/mol. The van der Waals surface area contributed by atoms with E-state index in [1.165, 1.54) is 5.69 Å². The minimum Gasteiger partial charge on any atom is -0.378 e. The van der Waals surface area contributed by atoms with Crippen molar-refractivity contribution in [3.63, 3.8) is 0 Å². The van der Waals surface area contributed by atoms with E-state index < -0.39 is 0 Å². The Balaban J connectivity index is 2.02. The van der Waals surface area contributed by atoms with Crippen LogP contribution in [0.2, 0.25) is 0 Å². The second-order valence-electron chi connectivity index (χ2n) is 4.59. The lowest BCUT2D eigenvalue weighted by Crippen LogP contribution is -2.36. The van der Waals surface area contributed by atoms with Crippen molar-refractivity contribution < 1.29 is 9.53 Å². The Bertz CT molecular complexity index is 583. The Morgan fingerprint density at radius 3 is 2.72 bits per heavy atom. The average Bonchev–Trinajstić information content (AvgIpc) is 2.76. The zero-order chi connectivity index (χ0) is 12.5. The van der Waals surface area contributed by atoms with Gasteiger partial charge in [-0.1, -0.05) is 0 Å². The standard InChI is InChI=1S/C14H16N2O2/c1-15-13(10-17)9-11-8-12(2-3-14(11)15)16-4-6-18-7-5-16/h2-3,8-10H,4-7H2,1H3. The van der Waals surface area contributed by atoms with Gasteiger partial charge in [0.25, 0.3) is 0 Å². The monoisotopic (exact) mass is 244 g/mol. The quantitative estimate of drug-likeness (QED) is 0.756. The lowest BCUT2D eigenvalue weighted by Gasteiger charge is -2.28. The molecule has 0 atom stereocenters. The van der Waals surface area contributed by atoms with Crippen LogP contribution < -0.4 is 4.90 Å². The smallest absolute Gasteiger partial charge is 0.166 e. The first kappa shape index (κ1) is 11.3. The molecule has 3 rings (SSSR count). The third-order valence-electron chi connectivity index (χ3n) is 3.56. The van der Waals surface area contributed by atoms with Crippen LogP contribution >= 0.6 is 0 Å². The number of rotatable bonds is 2. The third kappa shape index (κ3) is 1.78. The molecule has 2 aromatic rings. The summed E-state index contributed by atoms with van der Waals surface area (Å²) in [4.78, 5) is 13.3. The minimum atomic E-state index is 0.712. The van der Waals surface area contributed by atoms with E-state index in [0.717, 1.165) is 43.5 Å². The summed E-state index contributed by atoms with van der Waals surface area (Å²) in [5.74, 6) is 0. The summed E-state index contributed by atoms with van der Waals surface area (Å²) >= 11 is 0. The second-order valence-corrected chi connectivity index (χ2v) is 4.59. The van der Waals surface area contributed by atoms with Crippen molar-refractivity contribution in [2.45, 2.75) is 0 Å². The van der Waals surface area contributed by atoms with E-state index in [4.69, 9.17) is 4.74 Å². The number of aromatic nitrogens is 1. The summed E-state index contributed by atoms with van der Waals surface area (Å²) in [5.41, 5.74) is 3.01. The molecule has 0 bridgehead atoms. The lowest BCUT2D eigenvalue weighted by atomic mass is 10.2. The van der Waals surface area contributed by atoms with Crippen LogP contribution in [-0.2, 0) is 11.8 Å². The Hall–Kier alpha value is -1.81. The number of aryl methyl sites for hydroxylation is 1. The number of carbonyl (C=O) groups is 1. The van der Waals surface area contributed by atoms with Crippen LogP contribution in [0.1, 0.15) is 10.5 Å². The van der Waals surface area contributed by atoms with Gasteiger partial charge in [-0.2, -0.15) is 0 Å². The van der Waals surface area contributed by atoms with Crippen LogP contribution in [0.25, 0.3) is 10.9 Å². The summed E-state index contributed by atoms with van der Waals surface area (Å²) in [6.45, 7) is 3.43. The molecule has 18 heavy (non-hydrogen) atoms. The predicted molar refractivity (Wildman–Crippen MR) is 71.3 cm³/mol. The normalized spacial score (nSPS) is 16.2. The first-order valence-electron chi connectivity index (χ1n) is 6.17. The molecule has 1 aliphatic heterocycles. The van der Waals surface area contributed by atoms with Gasteiger partial charge in [0.05, 0.1) is 18.9 Å². The number of anilines is 1. The maximum absolute atomic E-state index is 10.9. The number of ether oxygens (including phenoxy) is 1. The molecule has 4 heteroatoms. The molecule has 0 unspecified atom stereocenters. The molecule has 0 saturated carbocycles. The van der Waals surface area contributed by atoms with Crippen molar-refractivity contribution in [3.8, 4) is 0 Å². The lowest BCUT2D eigenvalue weighted by molar-refractivity contribution is 0.111. The molecule has 4 nitrogen and oxygen atoms in total. The van der Waals surface area contributed by atoms with Gasteiger partial charge in [0.1, 0.15) is 0 Å². The largest absolute Gasteiger partial charge is 0.378 e. The molecule has 94 valence electrons. The Morgan fingerprint density at radius 1 is 1.22 bits per heavy atom. The summed E-state index contributed by atoms with van der Waals surface area (Å²) in [7, 11) is 1.92. The van der Waals surface area contributed by atoms with Gasteiger partial charge in [-0.15, -0.1) is 0 Å². The number of benzene rings is 1. The fourth-order valence-corrected chi connectivity index (χ4v) is 2.49. The van der Waals surface area contributed by atoms with Crippen molar-refractivity contribution in [2.24, 2.45) is 7.05 Å². The number of hydrogen-bond donors (Lipinski definition) is 0. The van der Waals surface area contributed by atoms with Crippen molar-refractivity contribution in [3.05, 3.63) is 30.0 Å². The molecular weight excluding hydrogens is 228 g/mol.